The number of aromatic nitrogens is 4. The van der Waals surface area contributed by atoms with Crippen LogP contribution in [0.3, 0.4) is 0 Å². The maximum atomic E-state index is 13.9. The predicted molar refractivity (Wildman–Crippen MR) is 118 cm³/mol. The van der Waals surface area contributed by atoms with Crippen molar-refractivity contribution in [3.8, 4) is 17.0 Å². The van der Waals surface area contributed by atoms with Crippen LogP contribution in [0.15, 0.2) is 61.1 Å². The third kappa shape index (κ3) is 3.92. The molecule has 31 heavy (non-hydrogen) atoms. The molecule has 0 unspecified atom stereocenters. The molecule has 0 aliphatic carbocycles. The number of pyridine rings is 1. The summed E-state index contributed by atoms with van der Waals surface area (Å²) in [5.74, 6) is 0.243. The van der Waals surface area contributed by atoms with Crippen molar-refractivity contribution < 1.29 is 9.13 Å². The molecule has 1 aliphatic heterocycles. The Labute approximate surface area is 179 Å². The summed E-state index contributed by atoms with van der Waals surface area (Å²) in [6.07, 6.45) is 6.49. The Morgan fingerprint density at radius 3 is 2.84 bits per heavy atom. The highest BCUT2D eigenvalue weighted by Crippen LogP contribution is 2.35. The molecule has 0 atom stereocenters. The lowest BCUT2D eigenvalue weighted by molar-refractivity contribution is 0.290. The number of hydrogen-bond donors (Lipinski definition) is 1. The first-order chi connectivity index (χ1) is 15.2. The second-order valence-corrected chi connectivity index (χ2v) is 7.55. The van der Waals surface area contributed by atoms with Gasteiger partial charge in [0, 0.05) is 42.5 Å². The van der Waals surface area contributed by atoms with Crippen LogP contribution in [0.1, 0.15) is 17.8 Å². The monoisotopic (exact) mass is 415 g/mol. The van der Waals surface area contributed by atoms with E-state index in [2.05, 4.69) is 43.0 Å². The number of nitrogens with zero attached hydrogens (tertiary/aromatic N) is 4. The van der Waals surface area contributed by atoms with Gasteiger partial charge in [0.15, 0.2) is 0 Å². The molecule has 0 fully saturated rings. The van der Waals surface area contributed by atoms with Crippen molar-refractivity contribution in [2.75, 3.05) is 20.2 Å². The van der Waals surface area contributed by atoms with E-state index in [0.717, 1.165) is 48.5 Å². The molecule has 3 aromatic heterocycles. The van der Waals surface area contributed by atoms with Crippen LogP contribution in [0.2, 0.25) is 0 Å². The Morgan fingerprint density at radius 2 is 2.06 bits per heavy atom. The minimum Gasteiger partial charge on any atom is -0.496 e. The van der Waals surface area contributed by atoms with Gasteiger partial charge in [-0.05, 0) is 48.4 Å². The summed E-state index contributed by atoms with van der Waals surface area (Å²) >= 11 is 0. The van der Waals surface area contributed by atoms with Gasteiger partial charge < -0.3 is 9.72 Å². The summed E-state index contributed by atoms with van der Waals surface area (Å²) < 4.78 is 19.4. The first-order valence-electron chi connectivity index (χ1n) is 10.2. The summed E-state index contributed by atoms with van der Waals surface area (Å²) in [6.45, 7) is 2.65. The van der Waals surface area contributed by atoms with Crippen LogP contribution in [-0.4, -0.2) is 45.0 Å². The number of ether oxygens (including phenoxy) is 1. The van der Waals surface area contributed by atoms with Gasteiger partial charge in [-0.3, -0.25) is 9.88 Å². The van der Waals surface area contributed by atoms with Gasteiger partial charge in [-0.25, -0.2) is 14.4 Å². The fourth-order valence-corrected chi connectivity index (χ4v) is 4.01. The van der Waals surface area contributed by atoms with Crippen molar-refractivity contribution in [3.05, 3.63) is 78.3 Å². The number of methoxy groups -OCH3 is 1. The van der Waals surface area contributed by atoms with Gasteiger partial charge in [0.2, 0.25) is 0 Å². The van der Waals surface area contributed by atoms with E-state index in [-0.39, 0.29) is 5.82 Å². The summed E-state index contributed by atoms with van der Waals surface area (Å²) in [5, 5.41) is 0.846. The number of fused-ring (bicyclic) bond motifs is 1. The molecule has 0 bridgehead atoms. The summed E-state index contributed by atoms with van der Waals surface area (Å²) in [4.78, 5) is 19.0. The molecule has 0 saturated heterocycles. The molecule has 0 spiro atoms. The Morgan fingerprint density at radius 1 is 1.13 bits per heavy atom. The third-order valence-electron chi connectivity index (χ3n) is 5.59. The number of halogens is 1. The molecule has 0 radical (unpaired) electrons. The molecule has 4 aromatic rings. The first-order valence-corrected chi connectivity index (χ1v) is 10.2. The zero-order valence-corrected chi connectivity index (χ0v) is 17.2. The van der Waals surface area contributed by atoms with E-state index in [4.69, 9.17) is 4.74 Å². The van der Waals surface area contributed by atoms with Crippen LogP contribution < -0.4 is 4.74 Å². The molecule has 5 rings (SSSR count). The number of aromatic amines is 1. The maximum absolute atomic E-state index is 13.9. The number of H-pyrrole nitrogens is 1. The minimum atomic E-state index is -0.332. The van der Waals surface area contributed by atoms with Crippen molar-refractivity contribution in [3.63, 3.8) is 0 Å². The third-order valence-corrected chi connectivity index (χ3v) is 5.59. The lowest BCUT2D eigenvalue weighted by atomic mass is 10.0. The van der Waals surface area contributed by atoms with Crippen molar-refractivity contribution in [2.45, 2.75) is 13.0 Å². The van der Waals surface area contributed by atoms with Gasteiger partial charge >= 0.3 is 0 Å². The van der Waals surface area contributed by atoms with Crippen LogP contribution >= 0.6 is 0 Å². The average Bonchev–Trinajstić information content (AvgIpc) is 3.25. The minimum absolute atomic E-state index is 0.332. The lowest BCUT2D eigenvalue weighted by Gasteiger charge is -2.25. The number of rotatable bonds is 5. The zero-order chi connectivity index (χ0) is 21.2. The Bertz CT molecular complexity index is 1250. The van der Waals surface area contributed by atoms with Crippen LogP contribution in [0.25, 0.3) is 27.9 Å². The number of benzene rings is 1. The largest absolute Gasteiger partial charge is 0.496 e. The van der Waals surface area contributed by atoms with Gasteiger partial charge in [0.1, 0.15) is 23.5 Å². The van der Waals surface area contributed by atoms with Crippen LogP contribution in [0.4, 0.5) is 4.39 Å². The summed E-state index contributed by atoms with van der Waals surface area (Å²) in [7, 11) is 1.57. The highest BCUT2D eigenvalue weighted by molar-refractivity contribution is 5.94. The SMILES string of the molecule is COc1ccc(F)cc1-c1ncnc2[nH]c(C3=CCN(Cc4ccccn4)CC3)cc12. The molecule has 4 heterocycles. The highest BCUT2D eigenvalue weighted by Gasteiger charge is 2.18. The van der Waals surface area contributed by atoms with Gasteiger partial charge in [0.25, 0.3) is 0 Å². The summed E-state index contributed by atoms with van der Waals surface area (Å²) in [5.41, 5.74) is 5.32. The second-order valence-electron chi connectivity index (χ2n) is 7.55. The Balaban J connectivity index is 1.44. The molecule has 0 saturated carbocycles. The van der Waals surface area contributed by atoms with E-state index in [9.17, 15) is 4.39 Å². The Kier molecular flexibility index (Phi) is 5.18. The molecule has 156 valence electrons. The summed E-state index contributed by atoms with van der Waals surface area (Å²) in [6, 6.07) is 12.5. The van der Waals surface area contributed by atoms with Gasteiger partial charge in [-0.1, -0.05) is 12.1 Å². The first kappa shape index (κ1) is 19.4. The molecule has 7 heteroatoms. The van der Waals surface area contributed by atoms with E-state index in [1.165, 1.54) is 24.0 Å². The maximum Gasteiger partial charge on any atom is 0.141 e. The number of nitrogens with one attached hydrogen (secondary N) is 1. The Hall–Kier alpha value is -3.58. The normalized spacial score (nSPS) is 14.6. The molecule has 1 aromatic carbocycles. The van der Waals surface area contributed by atoms with Crippen molar-refractivity contribution in [2.24, 2.45) is 0 Å². The topological polar surface area (TPSA) is 66.9 Å². The molecular formula is C24H22FN5O. The van der Waals surface area contributed by atoms with E-state index < -0.39 is 0 Å². The fourth-order valence-electron chi connectivity index (χ4n) is 4.01. The van der Waals surface area contributed by atoms with Crippen molar-refractivity contribution >= 4 is 16.6 Å². The lowest BCUT2D eigenvalue weighted by Crippen LogP contribution is -2.28. The van der Waals surface area contributed by atoms with Gasteiger partial charge in [0.05, 0.1) is 18.5 Å². The molecule has 1 aliphatic rings. The van der Waals surface area contributed by atoms with E-state index in [1.54, 1.807) is 13.2 Å². The van der Waals surface area contributed by atoms with Crippen molar-refractivity contribution in [1.29, 1.82) is 0 Å². The molecular weight excluding hydrogens is 393 g/mol. The van der Waals surface area contributed by atoms with E-state index >= 15 is 0 Å². The smallest absolute Gasteiger partial charge is 0.141 e. The quantitative estimate of drug-likeness (QED) is 0.521. The van der Waals surface area contributed by atoms with E-state index in [1.807, 2.05) is 18.3 Å². The van der Waals surface area contributed by atoms with Crippen LogP contribution in [-0.2, 0) is 6.54 Å². The zero-order valence-electron chi connectivity index (χ0n) is 17.2. The second kappa shape index (κ2) is 8.28. The highest BCUT2D eigenvalue weighted by atomic mass is 19.1. The van der Waals surface area contributed by atoms with E-state index in [0.29, 0.717) is 17.0 Å². The van der Waals surface area contributed by atoms with Gasteiger partial charge in [-0.15, -0.1) is 0 Å². The fraction of sp³-hybridized carbons (Fsp3) is 0.208. The average molecular weight is 415 g/mol. The van der Waals surface area contributed by atoms with Crippen LogP contribution in [0, 0.1) is 5.82 Å². The molecule has 1 N–H and O–H groups in total. The predicted octanol–water partition coefficient (Wildman–Crippen LogP) is 4.46. The standard InChI is InChI=1S/C24H22FN5O/c1-31-22-6-5-17(25)12-19(22)23-20-13-21(29-24(20)28-15-27-23)16-7-10-30(11-8-16)14-18-4-2-3-9-26-18/h2-7,9,12-13,15H,8,10-11,14H2,1H3,(H,27,28,29). The van der Waals surface area contributed by atoms with Crippen molar-refractivity contribution in [1.82, 2.24) is 24.8 Å². The van der Waals surface area contributed by atoms with Gasteiger partial charge in [-0.2, -0.15) is 0 Å². The molecule has 6 nitrogen and oxygen atoms in total. The molecule has 0 amide bonds. The van der Waals surface area contributed by atoms with Crippen LogP contribution in [0.5, 0.6) is 5.75 Å². The number of hydrogen-bond acceptors (Lipinski definition) is 5.